The van der Waals surface area contributed by atoms with Crippen LogP contribution in [0.5, 0.6) is 0 Å². The quantitative estimate of drug-likeness (QED) is 0.913. The van der Waals surface area contributed by atoms with E-state index in [2.05, 4.69) is 60.0 Å². The maximum absolute atomic E-state index is 3.42. The Balaban J connectivity index is 1.72. The van der Waals surface area contributed by atoms with Gasteiger partial charge >= 0.3 is 0 Å². The first-order valence-electron chi connectivity index (χ1n) is 8.68. The predicted octanol–water partition coefficient (Wildman–Crippen LogP) is 3.37. The lowest BCUT2D eigenvalue weighted by Crippen LogP contribution is -2.43. The van der Waals surface area contributed by atoms with E-state index in [1.165, 1.54) is 54.5 Å². The zero-order valence-electron chi connectivity index (χ0n) is 14.2. The van der Waals surface area contributed by atoms with Crippen LogP contribution in [0.1, 0.15) is 37.4 Å². The minimum absolute atomic E-state index is 0.520. The van der Waals surface area contributed by atoms with E-state index in [-0.39, 0.29) is 0 Å². The fraction of sp³-hybridized carbons (Fsp3) is 0.579. The summed E-state index contributed by atoms with van der Waals surface area (Å²) in [6.45, 7) is 12.6. The molecule has 3 rings (SSSR count). The SMILES string of the molecule is Cc1ccc2c(CCCN3CCNCC3)cn(C(C)C)c2c1. The minimum Gasteiger partial charge on any atom is -0.345 e. The Morgan fingerprint density at radius 1 is 1.18 bits per heavy atom. The summed E-state index contributed by atoms with van der Waals surface area (Å²) in [7, 11) is 0. The van der Waals surface area contributed by atoms with Crippen molar-refractivity contribution >= 4 is 10.9 Å². The van der Waals surface area contributed by atoms with E-state index >= 15 is 0 Å². The number of nitrogens with one attached hydrogen (secondary N) is 1. The molecule has 0 bridgehead atoms. The highest BCUT2D eigenvalue weighted by atomic mass is 15.2. The number of nitrogens with zero attached hydrogens (tertiary/aromatic N) is 2. The van der Waals surface area contributed by atoms with Crippen molar-refractivity contribution < 1.29 is 0 Å². The molecule has 3 heteroatoms. The molecule has 0 saturated carbocycles. The molecular formula is C19H29N3. The van der Waals surface area contributed by atoms with Crippen molar-refractivity contribution in [3.63, 3.8) is 0 Å². The second-order valence-electron chi connectivity index (χ2n) is 6.87. The Morgan fingerprint density at radius 3 is 2.68 bits per heavy atom. The van der Waals surface area contributed by atoms with Gasteiger partial charge in [0.25, 0.3) is 0 Å². The maximum atomic E-state index is 3.42. The van der Waals surface area contributed by atoms with E-state index in [0.717, 1.165) is 13.1 Å². The Morgan fingerprint density at radius 2 is 1.95 bits per heavy atom. The van der Waals surface area contributed by atoms with Crippen molar-refractivity contribution in [3.8, 4) is 0 Å². The molecular weight excluding hydrogens is 270 g/mol. The van der Waals surface area contributed by atoms with Gasteiger partial charge in [0, 0.05) is 49.3 Å². The molecule has 22 heavy (non-hydrogen) atoms. The number of fused-ring (bicyclic) bond motifs is 1. The highest BCUT2D eigenvalue weighted by Crippen LogP contribution is 2.26. The fourth-order valence-electron chi connectivity index (χ4n) is 3.49. The summed E-state index contributed by atoms with van der Waals surface area (Å²) < 4.78 is 2.43. The molecule has 1 N–H and O–H groups in total. The molecule has 0 unspecified atom stereocenters. The first kappa shape index (κ1) is 15.6. The highest BCUT2D eigenvalue weighted by Gasteiger charge is 2.12. The van der Waals surface area contributed by atoms with Gasteiger partial charge < -0.3 is 14.8 Å². The Hall–Kier alpha value is -1.32. The molecule has 1 aromatic carbocycles. The normalized spacial score (nSPS) is 16.7. The van der Waals surface area contributed by atoms with Crippen LogP contribution >= 0.6 is 0 Å². The van der Waals surface area contributed by atoms with Gasteiger partial charge in [-0.05, 0) is 57.4 Å². The highest BCUT2D eigenvalue weighted by molar-refractivity contribution is 5.84. The minimum atomic E-state index is 0.520. The standard InChI is InChI=1S/C19H29N3/c1-15(2)22-14-17(18-7-6-16(3)13-19(18)22)5-4-10-21-11-8-20-9-12-21/h6-7,13-15,20H,4-5,8-12H2,1-3H3. The third kappa shape index (κ3) is 3.36. The van der Waals surface area contributed by atoms with E-state index in [1.807, 2.05) is 0 Å². The van der Waals surface area contributed by atoms with Crippen molar-refractivity contribution in [1.29, 1.82) is 0 Å². The van der Waals surface area contributed by atoms with E-state index in [4.69, 9.17) is 0 Å². The molecule has 1 aromatic heterocycles. The Bertz CT molecular complexity index is 621. The molecule has 0 aliphatic carbocycles. The van der Waals surface area contributed by atoms with Crippen LogP contribution in [0.2, 0.25) is 0 Å². The molecule has 3 nitrogen and oxygen atoms in total. The molecule has 1 saturated heterocycles. The third-order valence-corrected chi connectivity index (χ3v) is 4.76. The lowest BCUT2D eigenvalue weighted by Gasteiger charge is -2.26. The van der Waals surface area contributed by atoms with Gasteiger partial charge in [-0.25, -0.2) is 0 Å². The summed E-state index contributed by atoms with van der Waals surface area (Å²) in [4.78, 5) is 2.59. The average Bonchev–Trinajstić information content (AvgIpc) is 2.86. The van der Waals surface area contributed by atoms with E-state index in [9.17, 15) is 0 Å². The summed E-state index contributed by atoms with van der Waals surface area (Å²) in [5.74, 6) is 0. The van der Waals surface area contributed by atoms with Crippen LogP contribution in [0, 0.1) is 6.92 Å². The first-order valence-corrected chi connectivity index (χ1v) is 8.68. The zero-order chi connectivity index (χ0) is 15.5. The molecule has 1 aliphatic rings. The fourth-order valence-corrected chi connectivity index (χ4v) is 3.49. The molecule has 0 radical (unpaired) electrons. The number of rotatable bonds is 5. The van der Waals surface area contributed by atoms with E-state index < -0.39 is 0 Å². The molecule has 1 aliphatic heterocycles. The van der Waals surface area contributed by atoms with Crippen LogP contribution < -0.4 is 5.32 Å². The lowest BCUT2D eigenvalue weighted by molar-refractivity contribution is 0.238. The molecule has 2 aromatic rings. The number of aromatic nitrogens is 1. The summed E-state index contributed by atoms with van der Waals surface area (Å²) in [6, 6.07) is 7.40. The van der Waals surface area contributed by atoms with E-state index in [0.29, 0.717) is 6.04 Å². The van der Waals surface area contributed by atoms with Crippen LogP contribution in [-0.4, -0.2) is 42.2 Å². The molecule has 0 spiro atoms. The lowest BCUT2D eigenvalue weighted by atomic mass is 10.1. The number of aryl methyl sites for hydroxylation is 2. The largest absolute Gasteiger partial charge is 0.345 e. The molecule has 120 valence electrons. The second kappa shape index (κ2) is 6.84. The van der Waals surface area contributed by atoms with Crippen LogP contribution in [0.15, 0.2) is 24.4 Å². The van der Waals surface area contributed by atoms with Crippen molar-refractivity contribution in [1.82, 2.24) is 14.8 Å². The van der Waals surface area contributed by atoms with Crippen LogP contribution in [0.3, 0.4) is 0 Å². The maximum Gasteiger partial charge on any atom is 0.0488 e. The first-order chi connectivity index (χ1) is 10.6. The zero-order valence-corrected chi connectivity index (χ0v) is 14.2. The second-order valence-corrected chi connectivity index (χ2v) is 6.87. The van der Waals surface area contributed by atoms with Gasteiger partial charge in [0.1, 0.15) is 0 Å². The summed E-state index contributed by atoms with van der Waals surface area (Å²) in [5, 5.41) is 4.87. The molecule has 2 heterocycles. The van der Waals surface area contributed by atoms with Crippen molar-refractivity contribution in [2.45, 2.75) is 39.7 Å². The Kier molecular flexibility index (Phi) is 4.84. The van der Waals surface area contributed by atoms with Gasteiger partial charge in [-0.15, -0.1) is 0 Å². The number of piperazine rings is 1. The van der Waals surface area contributed by atoms with Crippen LogP contribution in [0.25, 0.3) is 10.9 Å². The summed E-state index contributed by atoms with van der Waals surface area (Å²) >= 11 is 0. The number of hydrogen-bond acceptors (Lipinski definition) is 2. The third-order valence-electron chi connectivity index (χ3n) is 4.76. The van der Waals surface area contributed by atoms with Crippen LogP contribution in [0.4, 0.5) is 0 Å². The molecule has 0 atom stereocenters. The van der Waals surface area contributed by atoms with Gasteiger partial charge in [0.15, 0.2) is 0 Å². The van der Waals surface area contributed by atoms with Gasteiger partial charge in [-0.1, -0.05) is 12.1 Å². The summed E-state index contributed by atoms with van der Waals surface area (Å²) in [5.41, 5.74) is 4.26. The average molecular weight is 299 g/mol. The summed E-state index contributed by atoms with van der Waals surface area (Å²) in [6.07, 6.45) is 4.82. The predicted molar refractivity (Wildman–Crippen MR) is 94.7 cm³/mol. The van der Waals surface area contributed by atoms with Gasteiger partial charge in [-0.3, -0.25) is 0 Å². The number of benzene rings is 1. The van der Waals surface area contributed by atoms with Gasteiger partial charge in [0.2, 0.25) is 0 Å². The topological polar surface area (TPSA) is 20.2 Å². The molecule has 0 amide bonds. The number of hydrogen-bond donors (Lipinski definition) is 1. The molecule has 1 fully saturated rings. The van der Waals surface area contributed by atoms with E-state index in [1.54, 1.807) is 0 Å². The van der Waals surface area contributed by atoms with Crippen molar-refractivity contribution in [2.24, 2.45) is 0 Å². The van der Waals surface area contributed by atoms with Crippen molar-refractivity contribution in [3.05, 3.63) is 35.5 Å². The van der Waals surface area contributed by atoms with Crippen molar-refractivity contribution in [2.75, 3.05) is 32.7 Å². The van der Waals surface area contributed by atoms with Crippen LogP contribution in [-0.2, 0) is 6.42 Å². The van der Waals surface area contributed by atoms with Gasteiger partial charge in [0.05, 0.1) is 0 Å². The van der Waals surface area contributed by atoms with Gasteiger partial charge in [-0.2, -0.15) is 0 Å². The smallest absolute Gasteiger partial charge is 0.0488 e. The monoisotopic (exact) mass is 299 g/mol. The Labute approximate surface area is 134 Å².